The van der Waals surface area contributed by atoms with Crippen LogP contribution >= 0.6 is 0 Å². The van der Waals surface area contributed by atoms with Crippen LogP contribution in [0.3, 0.4) is 0 Å². The highest BCUT2D eigenvalue weighted by Gasteiger charge is 2.29. The number of likely N-dealkylation sites (N-methyl/N-ethyl adjacent to an activating group) is 1. The van der Waals surface area contributed by atoms with Crippen molar-refractivity contribution in [3.63, 3.8) is 0 Å². The van der Waals surface area contributed by atoms with Gasteiger partial charge in [0.15, 0.2) is 0 Å². The Kier molecular flexibility index (Phi) is 5.20. The topological polar surface area (TPSA) is 66.9 Å². The van der Waals surface area contributed by atoms with Gasteiger partial charge in [-0.2, -0.15) is 4.31 Å². The second-order valence-corrected chi connectivity index (χ2v) is 7.68. The highest BCUT2D eigenvalue weighted by Crippen LogP contribution is 2.15. The van der Waals surface area contributed by atoms with Gasteiger partial charge in [0, 0.05) is 20.1 Å². The van der Waals surface area contributed by atoms with Crippen LogP contribution < -0.4 is 0 Å². The Hall–Kier alpha value is -1.44. The van der Waals surface area contributed by atoms with Crippen LogP contribution in [-0.4, -0.2) is 62.4 Å². The Morgan fingerprint density at radius 1 is 1.23 bits per heavy atom. The minimum absolute atomic E-state index is 0.0382. The number of nitrogens with zero attached hydrogens (tertiary/aromatic N) is 2. The number of morpholine rings is 1. The summed E-state index contributed by atoms with van der Waals surface area (Å²) in [6.07, 6.45) is -0.0764. The number of carbonyl (C=O) groups excluding carboxylic acids is 1. The molecule has 1 aliphatic heterocycles. The minimum atomic E-state index is -3.65. The van der Waals surface area contributed by atoms with Crippen LogP contribution in [0.25, 0.3) is 0 Å². The molecule has 1 aromatic carbocycles. The lowest BCUT2D eigenvalue weighted by Gasteiger charge is -2.36. The Labute approximate surface area is 131 Å². The molecule has 1 saturated heterocycles. The Morgan fingerprint density at radius 2 is 1.77 bits per heavy atom. The number of hydrogen-bond donors (Lipinski definition) is 0. The SMILES string of the molecule is CC1CN(C(=O)CN(C)S(=O)(=O)c2ccccc2)CC(C)O1. The van der Waals surface area contributed by atoms with Crippen molar-refractivity contribution in [1.29, 1.82) is 0 Å². The Balaban J connectivity index is 2.05. The molecule has 0 spiro atoms. The molecule has 0 saturated carbocycles. The molecular weight excluding hydrogens is 304 g/mol. The third kappa shape index (κ3) is 3.85. The molecule has 7 heteroatoms. The number of amides is 1. The monoisotopic (exact) mass is 326 g/mol. The van der Waals surface area contributed by atoms with Crippen LogP contribution in [0.2, 0.25) is 0 Å². The molecule has 0 bridgehead atoms. The zero-order valence-corrected chi connectivity index (χ0v) is 13.9. The van der Waals surface area contributed by atoms with E-state index in [1.807, 2.05) is 13.8 Å². The van der Waals surface area contributed by atoms with Gasteiger partial charge in [-0.15, -0.1) is 0 Å². The molecule has 2 rings (SSSR count). The first-order valence-corrected chi connectivity index (χ1v) is 8.69. The highest BCUT2D eigenvalue weighted by molar-refractivity contribution is 7.89. The largest absolute Gasteiger partial charge is 0.372 e. The fourth-order valence-corrected chi connectivity index (χ4v) is 3.67. The molecule has 0 N–H and O–H groups in total. The van der Waals surface area contributed by atoms with Gasteiger partial charge >= 0.3 is 0 Å². The van der Waals surface area contributed by atoms with Gasteiger partial charge in [-0.1, -0.05) is 18.2 Å². The summed E-state index contributed by atoms with van der Waals surface area (Å²) in [5.74, 6) is -0.205. The maximum atomic E-state index is 12.4. The maximum absolute atomic E-state index is 12.4. The van der Waals surface area contributed by atoms with E-state index in [2.05, 4.69) is 0 Å². The van der Waals surface area contributed by atoms with Crippen LogP contribution in [0.5, 0.6) is 0 Å². The second-order valence-electron chi connectivity index (χ2n) is 5.63. The van der Waals surface area contributed by atoms with Gasteiger partial charge in [-0.25, -0.2) is 8.42 Å². The smallest absolute Gasteiger partial charge is 0.243 e. The van der Waals surface area contributed by atoms with E-state index in [4.69, 9.17) is 4.74 Å². The van der Waals surface area contributed by atoms with Crippen LogP contribution in [0, 0.1) is 0 Å². The molecule has 0 radical (unpaired) electrons. The number of hydrogen-bond acceptors (Lipinski definition) is 4. The zero-order chi connectivity index (χ0) is 16.3. The minimum Gasteiger partial charge on any atom is -0.372 e. The van der Waals surface area contributed by atoms with E-state index in [9.17, 15) is 13.2 Å². The maximum Gasteiger partial charge on any atom is 0.243 e. The predicted molar refractivity (Wildman–Crippen MR) is 82.8 cm³/mol. The highest BCUT2D eigenvalue weighted by atomic mass is 32.2. The Morgan fingerprint density at radius 3 is 2.32 bits per heavy atom. The van der Waals surface area contributed by atoms with Gasteiger partial charge in [-0.3, -0.25) is 4.79 Å². The first kappa shape index (κ1) is 16.9. The molecule has 122 valence electrons. The first-order valence-electron chi connectivity index (χ1n) is 7.25. The number of ether oxygens (including phenoxy) is 1. The summed E-state index contributed by atoms with van der Waals surface area (Å²) in [4.78, 5) is 14.2. The first-order chi connectivity index (χ1) is 10.3. The quantitative estimate of drug-likeness (QED) is 0.826. The molecule has 22 heavy (non-hydrogen) atoms. The third-order valence-electron chi connectivity index (χ3n) is 3.58. The molecular formula is C15H22N2O4S. The van der Waals surface area contributed by atoms with E-state index < -0.39 is 10.0 Å². The van der Waals surface area contributed by atoms with E-state index in [-0.39, 0.29) is 29.6 Å². The van der Waals surface area contributed by atoms with Gasteiger partial charge in [0.25, 0.3) is 0 Å². The summed E-state index contributed by atoms with van der Waals surface area (Å²) in [5.41, 5.74) is 0. The predicted octanol–water partition coefficient (Wildman–Crippen LogP) is 0.943. The molecule has 0 aromatic heterocycles. The van der Waals surface area contributed by atoms with Crippen LogP contribution in [0.15, 0.2) is 35.2 Å². The summed E-state index contributed by atoms with van der Waals surface area (Å²) in [6.45, 7) is 4.61. The average Bonchev–Trinajstić information content (AvgIpc) is 2.47. The van der Waals surface area contributed by atoms with Gasteiger partial charge in [0.05, 0.1) is 23.6 Å². The van der Waals surface area contributed by atoms with E-state index in [1.165, 1.54) is 19.2 Å². The Bertz CT molecular complexity index is 608. The van der Waals surface area contributed by atoms with Crippen LogP contribution in [0.1, 0.15) is 13.8 Å². The van der Waals surface area contributed by atoms with E-state index in [0.29, 0.717) is 13.1 Å². The lowest BCUT2D eigenvalue weighted by Crippen LogP contribution is -2.51. The fraction of sp³-hybridized carbons (Fsp3) is 0.533. The zero-order valence-electron chi connectivity index (χ0n) is 13.1. The molecule has 1 heterocycles. The lowest BCUT2D eigenvalue weighted by atomic mass is 10.2. The van der Waals surface area contributed by atoms with Crippen molar-refractivity contribution in [3.05, 3.63) is 30.3 Å². The van der Waals surface area contributed by atoms with Gasteiger partial charge in [0.1, 0.15) is 0 Å². The third-order valence-corrected chi connectivity index (χ3v) is 5.40. The van der Waals surface area contributed by atoms with Crippen LogP contribution in [-0.2, 0) is 19.6 Å². The van der Waals surface area contributed by atoms with Crippen molar-refractivity contribution in [2.24, 2.45) is 0 Å². The summed E-state index contributed by atoms with van der Waals surface area (Å²) >= 11 is 0. The molecule has 2 unspecified atom stereocenters. The molecule has 1 fully saturated rings. The summed E-state index contributed by atoms with van der Waals surface area (Å²) in [7, 11) is -2.22. The van der Waals surface area contributed by atoms with Crippen LogP contribution in [0.4, 0.5) is 0 Å². The van der Waals surface area contributed by atoms with Gasteiger partial charge < -0.3 is 9.64 Å². The molecule has 6 nitrogen and oxygen atoms in total. The van der Waals surface area contributed by atoms with Crippen molar-refractivity contribution < 1.29 is 17.9 Å². The molecule has 1 amide bonds. The van der Waals surface area contributed by atoms with E-state index in [0.717, 1.165) is 4.31 Å². The molecule has 1 aromatic rings. The molecule has 1 aliphatic rings. The van der Waals surface area contributed by atoms with Crippen molar-refractivity contribution in [1.82, 2.24) is 9.21 Å². The number of carbonyl (C=O) groups is 1. The second kappa shape index (κ2) is 6.76. The van der Waals surface area contributed by atoms with Gasteiger partial charge in [-0.05, 0) is 26.0 Å². The number of benzene rings is 1. The summed E-state index contributed by atoms with van der Waals surface area (Å²) in [5, 5.41) is 0. The van der Waals surface area contributed by atoms with Crippen molar-refractivity contribution in [2.75, 3.05) is 26.7 Å². The molecule has 2 atom stereocenters. The number of rotatable bonds is 4. The summed E-state index contributed by atoms with van der Waals surface area (Å²) < 4.78 is 31.5. The number of sulfonamides is 1. The van der Waals surface area contributed by atoms with Gasteiger partial charge in [0.2, 0.25) is 15.9 Å². The normalized spacial score (nSPS) is 22.8. The molecule has 0 aliphatic carbocycles. The summed E-state index contributed by atoms with van der Waals surface area (Å²) in [6, 6.07) is 8.12. The van der Waals surface area contributed by atoms with E-state index in [1.54, 1.807) is 23.1 Å². The van der Waals surface area contributed by atoms with Crippen molar-refractivity contribution in [2.45, 2.75) is 31.0 Å². The fourth-order valence-electron chi connectivity index (χ4n) is 2.53. The standard InChI is InChI=1S/C15H22N2O4S/c1-12-9-17(10-13(2)21-12)15(18)11-16(3)22(19,20)14-7-5-4-6-8-14/h4-8,12-13H,9-11H2,1-3H3. The van der Waals surface area contributed by atoms with E-state index >= 15 is 0 Å². The average molecular weight is 326 g/mol. The van der Waals surface area contributed by atoms with Crippen molar-refractivity contribution in [3.8, 4) is 0 Å². The van der Waals surface area contributed by atoms with Crippen molar-refractivity contribution >= 4 is 15.9 Å². The lowest BCUT2D eigenvalue weighted by molar-refractivity contribution is -0.143.